The molecular weight excluding hydrogens is 218 g/mol. The molecule has 0 aromatic carbocycles. The number of rotatable bonds is 4. The smallest absolute Gasteiger partial charge is 0.224 e. The third-order valence-electron chi connectivity index (χ3n) is 2.60. The van der Waals surface area contributed by atoms with E-state index in [1.807, 2.05) is 13.0 Å². The van der Waals surface area contributed by atoms with Crippen molar-refractivity contribution in [1.29, 1.82) is 0 Å². The van der Waals surface area contributed by atoms with Crippen molar-refractivity contribution in [2.75, 3.05) is 49.6 Å². The summed E-state index contributed by atoms with van der Waals surface area (Å²) in [6.07, 6.45) is 0. The number of ether oxygens (including phenoxy) is 1. The Morgan fingerprint density at radius 1 is 1.41 bits per heavy atom. The SMILES string of the molecule is Cc1cc(N2CCOCC2)nc(NCCN)n1. The lowest BCUT2D eigenvalue weighted by Gasteiger charge is -2.28. The lowest BCUT2D eigenvalue weighted by molar-refractivity contribution is 0.122. The number of nitrogens with zero attached hydrogens (tertiary/aromatic N) is 3. The molecule has 0 amide bonds. The fourth-order valence-electron chi connectivity index (χ4n) is 1.77. The van der Waals surface area contributed by atoms with Gasteiger partial charge in [0.05, 0.1) is 13.2 Å². The van der Waals surface area contributed by atoms with Crippen LogP contribution in [0, 0.1) is 6.92 Å². The van der Waals surface area contributed by atoms with Gasteiger partial charge in [0.15, 0.2) is 0 Å². The third-order valence-corrected chi connectivity index (χ3v) is 2.60. The monoisotopic (exact) mass is 237 g/mol. The first-order valence-electron chi connectivity index (χ1n) is 5.92. The molecule has 0 aliphatic carbocycles. The maximum atomic E-state index is 5.45. The van der Waals surface area contributed by atoms with E-state index < -0.39 is 0 Å². The summed E-state index contributed by atoms with van der Waals surface area (Å²) in [6.45, 7) is 6.51. The number of nitrogens with two attached hydrogens (primary N) is 1. The minimum absolute atomic E-state index is 0.574. The maximum absolute atomic E-state index is 5.45. The standard InChI is InChI=1S/C11H19N5O/c1-9-8-10(16-4-6-17-7-5-16)15-11(14-9)13-3-2-12/h8H,2-7,12H2,1H3,(H,13,14,15). The van der Waals surface area contributed by atoms with Gasteiger partial charge in [-0.2, -0.15) is 4.98 Å². The topological polar surface area (TPSA) is 76.3 Å². The van der Waals surface area contributed by atoms with Crippen LogP contribution in [0.25, 0.3) is 0 Å². The zero-order valence-electron chi connectivity index (χ0n) is 10.1. The van der Waals surface area contributed by atoms with Crippen LogP contribution in [0.1, 0.15) is 5.69 Å². The van der Waals surface area contributed by atoms with Crippen molar-refractivity contribution in [3.8, 4) is 0 Å². The molecule has 0 bridgehead atoms. The van der Waals surface area contributed by atoms with Gasteiger partial charge in [0.2, 0.25) is 5.95 Å². The van der Waals surface area contributed by atoms with Crippen molar-refractivity contribution in [3.05, 3.63) is 11.8 Å². The van der Waals surface area contributed by atoms with Crippen LogP contribution in [0.3, 0.4) is 0 Å². The molecule has 0 atom stereocenters. The summed E-state index contributed by atoms with van der Waals surface area (Å²) in [4.78, 5) is 11.0. The van der Waals surface area contributed by atoms with E-state index in [4.69, 9.17) is 10.5 Å². The largest absolute Gasteiger partial charge is 0.378 e. The van der Waals surface area contributed by atoms with Gasteiger partial charge in [-0.25, -0.2) is 4.98 Å². The van der Waals surface area contributed by atoms with Gasteiger partial charge in [-0.15, -0.1) is 0 Å². The lowest BCUT2D eigenvalue weighted by atomic mass is 10.3. The van der Waals surface area contributed by atoms with Crippen LogP contribution in [0.15, 0.2) is 6.07 Å². The lowest BCUT2D eigenvalue weighted by Crippen LogP contribution is -2.37. The molecule has 6 heteroatoms. The number of hydrogen-bond donors (Lipinski definition) is 2. The zero-order valence-corrected chi connectivity index (χ0v) is 10.1. The highest BCUT2D eigenvalue weighted by Crippen LogP contribution is 2.15. The second kappa shape index (κ2) is 5.79. The fourth-order valence-corrected chi connectivity index (χ4v) is 1.77. The van der Waals surface area contributed by atoms with Gasteiger partial charge in [0, 0.05) is 37.9 Å². The highest BCUT2D eigenvalue weighted by molar-refractivity contribution is 5.45. The summed E-state index contributed by atoms with van der Waals surface area (Å²) >= 11 is 0. The van der Waals surface area contributed by atoms with E-state index in [1.54, 1.807) is 0 Å². The van der Waals surface area contributed by atoms with E-state index in [2.05, 4.69) is 20.2 Å². The predicted octanol–water partition coefficient (Wildman–Crippen LogP) is -0.00778. The molecule has 1 aliphatic rings. The minimum Gasteiger partial charge on any atom is -0.378 e. The van der Waals surface area contributed by atoms with Gasteiger partial charge in [0.1, 0.15) is 5.82 Å². The van der Waals surface area contributed by atoms with Crippen molar-refractivity contribution in [2.45, 2.75) is 6.92 Å². The molecule has 1 aliphatic heterocycles. The number of hydrogen-bond acceptors (Lipinski definition) is 6. The summed E-state index contributed by atoms with van der Waals surface area (Å²) in [6, 6.07) is 2.00. The van der Waals surface area contributed by atoms with E-state index in [-0.39, 0.29) is 0 Å². The molecule has 0 unspecified atom stereocenters. The first-order valence-corrected chi connectivity index (χ1v) is 5.92. The molecule has 6 nitrogen and oxygen atoms in total. The van der Waals surface area contributed by atoms with Gasteiger partial charge in [-0.1, -0.05) is 0 Å². The Labute approximate surface area is 101 Å². The van der Waals surface area contributed by atoms with Crippen molar-refractivity contribution in [1.82, 2.24) is 9.97 Å². The highest BCUT2D eigenvalue weighted by Gasteiger charge is 2.13. The second-order valence-corrected chi connectivity index (χ2v) is 4.01. The molecule has 2 heterocycles. The average Bonchev–Trinajstić information content (AvgIpc) is 2.37. The van der Waals surface area contributed by atoms with E-state index in [9.17, 15) is 0 Å². The predicted molar refractivity (Wildman–Crippen MR) is 67.3 cm³/mol. The van der Waals surface area contributed by atoms with Gasteiger partial charge < -0.3 is 20.7 Å². The quantitative estimate of drug-likeness (QED) is 0.767. The first-order chi connectivity index (χ1) is 8.29. The van der Waals surface area contributed by atoms with Crippen LogP contribution in [-0.2, 0) is 4.74 Å². The second-order valence-electron chi connectivity index (χ2n) is 4.01. The Balaban J connectivity index is 2.12. The van der Waals surface area contributed by atoms with Crippen molar-refractivity contribution < 1.29 is 4.74 Å². The van der Waals surface area contributed by atoms with Gasteiger partial charge in [-0.05, 0) is 6.92 Å². The Morgan fingerprint density at radius 3 is 2.88 bits per heavy atom. The third kappa shape index (κ3) is 3.28. The summed E-state index contributed by atoms with van der Waals surface area (Å²) in [7, 11) is 0. The summed E-state index contributed by atoms with van der Waals surface area (Å²) < 4.78 is 5.33. The van der Waals surface area contributed by atoms with Gasteiger partial charge in [-0.3, -0.25) is 0 Å². The van der Waals surface area contributed by atoms with E-state index >= 15 is 0 Å². The Bertz CT molecular complexity index is 365. The minimum atomic E-state index is 0.574. The number of aromatic nitrogens is 2. The highest BCUT2D eigenvalue weighted by atomic mass is 16.5. The van der Waals surface area contributed by atoms with Crippen molar-refractivity contribution in [2.24, 2.45) is 5.73 Å². The number of aryl methyl sites for hydroxylation is 1. The Kier molecular flexibility index (Phi) is 4.11. The maximum Gasteiger partial charge on any atom is 0.224 e. The first kappa shape index (κ1) is 12.1. The Morgan fingerprint density at radius 2 is 2.18 bits per heavy atom. The molecular formula is C11H19N5O. The molecule has 3 N–H and O–H groups in total. The summed E-state index contributed by atoms with van der Waals surface area (Å²) in [5.41, 5.74) is 6.41. The van der Waals surface area contributed by atoms with E-state index in [0.29, 0.717) is 19.0 Å². The fraction of sp³-hybridized carbons (Fsp3) is 0.636. The Hall–Kier alpha value is -1.40. The van der Waals surface area contributed by atoms with E-state index in [0.717, 1.165) is 37.8 Å². The van der Waals surface area contributed by atoms with Gasteiger partial charge >= 0.3 is 0 Å². The van der Waals surface area contributed by atoms with Crippen LogP contribution in [0.5, 0.6) is 0 Å². The average molecular weight is 237 g/mol. The van der Waals surface area contributed by atoms with E-state index in [1.165, 1.54) is 0 Å². The van der Waals surface area contributed by atoms with Crippen LogP contribution < -0.4 is 16.0 Å². The van der Waals surface area contributed by atoms with Gasteiger partial charge in [0.25, 0.3) is 0 Å². The van der Waals surface area contributed by atoms with Crippen LogP contribution in [-0.4, -0.2) is 49.4 Å². The number of nitrogens with one attached hydrogen (secondary N) is 1. The molecule has 1 saturated heterocycles. The molecule has 94 valence electrons. The molecule has 2 rings (SSSR count). The molecule has 1 aromatic rings. The van der Waals surface area contributed by atoms with Crippen molar-refractivity contribution in [3.63, 3.8) is 0 Å². The molecule has 1 aromatic heterocycles. The summed E-state index contributed by atoms with van der Waals surface area (Å²) in [5, 5.41) is 3.11. The van der Waals surface area contributed by atoms with Crippen molar-refractivity contribution >= 4 is 11.8 Å². The number of anilines is 2. The molecule has 0 spiro atoms. The van der Waals surface area contributed by atoms with Crippen LogP contribution >= 0.6 is 0 Å². The molecule has 0 saturated carbocycles. The van der Waals surface area contributed by atoms with Crippen LogP contribution in [0.2, 0.25) is 0 Å². The molecule has 17 heavy (non-hydrogen) atoms. The normalized spacial score (nSPS) is 16.0. The molecule has 0 radical (unpaired) electrons. The number of morpholine rings is 1. The van der Waals surface area contributed by atoms with Crippen LogP contribution in [0.4, 0.5) is 11.8 Å². The molecule has 1 fully saturated rings. The summed E-state index contributed by atoms with van der Waals surface area (Å²) in [5.74, 6) is 1.61. The zero-order chi connectivity index (χ0) is 12.1.